The summed E-state index contributed by atoms with van der Waals surface area (Å²) >= 11 is 0. The number of para-hydroxylation sites is 1. The van der Waals surface area contributed by atoms with E-state index in [1.807, 2.05) is 18.2 Å². The normalized spacial score (nSPS) is 18.3. The van der Waals surface area contributed by atoms with Gasteiger partial charge in [0, 0.05) is 38.2 Å². The van der Waals surface area contributed by atoms with Gasteiger partial charge in [-0.05, 0) is 24.0 Å². The van der Waals surface area contributed by atoms with Crippen molar-refractivity contribution < 1.29 is 4.79 Å². The molecule has 0 aromatic heterocycles. The zero-order chi connectivity index (χ0) is 18.1. The van der Waals surface area contributed by atoms with Crippen molar-refractivity contribution in [2.24, 2.45) is 10.9 Å². The lowest BCUT2D eigenvalue weighted by Crippen LogP contribution is -2.42. The molecule has 2 rings (SSSR count). The van der Waals surface area contributed by atoms with Crippen LogP contribution in [0.15, 0.2) is 29.3 Å². The van der Waals surface area contributed by atoms with Crippen LogP contribution in [0.4, 0.5) is 5.69 Å². The lowest BCUT2D eigenvalue weighted by Gasteiger charge is -2.26. The van der Waals surface area contributed by atoms with Crippen LogP contribution in [0, 0.1) is 5.92 Å². The fraction of sp³-hybridized carbons (Fsp3) is 0.600. The van der Waals surface area contributed by atoms with Crippen molar-refractivity contribution in [2.45, 2.75) is 51.9 Å². The van der Waals surface area contributed by atoms with Crippen molar-refractivity contribution in [2.75, 3.05) is 25.5 Å². The molecule has 2 atom stereocenters. The van der Waals surface area contributed by atoms with Crippen LogP contribution in [0.1, 0.15) is 57.4 Å². The predicted octanol–water partition coefficient (Wildman–Crippen LogP) is 3.49. The van der Waals surface area contributed by atoms with E-state index in [1.54, 1.807) is 7.05 Å². The third kappa shape index (κ3) is 5.76. The van der Waals surface area contributed by atoms with Gasteiger partial charge in [-0.15, -0.1) is 0 Å². The van der Waals surface area contributed by atoms with E-state index in [2.05, 4.69) is 40.9 Å². The Hall–Kier alpha value is -2.04. The van der Waals surface area contributed by atoms with Gasteiger partial charge in [-0.25, -0.2) is 0 Å². The maximum absolute atomic E-state index is 11.9. The average Bonchev–Trinajstić information content (AvgIpc) is 2.63. The van der Waals surface area contributed by atoms with Gasteiger partial charge in [0.2, 0.25) is 5.91 Å². The maximum atomic E-state index is 11.9. The Morgan fingerprint density at radius 3 is 2.84 bits per heavy atom. The highest BCUT2D eigenvalue weighted by molar-refractivity contribution is 5.94. The molecule has 1 amide bonds. The highest BCUT2D eigenvalue weighted by Crippen LogP contribution is 2.31. The predicted molar refractivity (Wildman–Crippen MR) is 105 cm³/mol. The highest BCUT2D eigenvalue weighted by Gasteiger charge is 2.24. The number of carbonyl (C=O) groups excluding carboxylic acids is 1. The minimum absolute atomic E-state index is 0.0825. The van der Waals surface area contributed by atoms with Crippen molar-refractivity contribution in [1.29, 1.82) is 0 Å². The third-order valence-corrected chi connectivity index (χ3v) is 4.95. The monoisotopic (exact) mass is 344 g/mol. The molecule has 5 nitrogen and oxygen atoms in total. The van der Waals surface area contributed by atoms with E-state index in [0.29, 0.717) is 18.9 Å². The Morgan fingerprint density at radius 1 is 1.32 bits per heavy atom. The Morgan fingerprint density at radius 2 is 2.12 bits per heavy atom. The molecule has 2 unspecified atom stereocenters. The van der Waals surface area contributed by atoms with Crippen LogP contribution < -0.4 is 16.0 Å². The number of fused-ring (bicyclic) bond motifs is 1. The number of guanidine groups is 1. The SMILES string of the molecule is CCCCC(CC)CNC(=NC)NCC1CC(=O)Nc2ccccc21. The number of anilines is 1. The molecule has 0 aliphatic carbocycles. The van der Waals surface area contributed by atoms with Crippen molar-refractivity contribution in [1.82, 2.24) is 10.6 Å². The van der Waals surface area contributed by atoms with Gasteiger partial charge in [-0.2, -0.15) is 0 Å². The third-order valence-electron chi connectivity index (χ3n) is 4.95. The highest BCUT2D eigenvalue weighted by atomic mass is 16.1. The second-order valence-corrected chi connectivity index (χ2v) is 6.79. The van der Waals surface area contributed by atoms with Gasteiger partial charge >= 0.3 is 0 Å². The molecule has 0 bridgehead atoms. The molecule has 1 aliphatic heterocycles. The molecule has 1 heterocycles. The molecular formula is C20H32N4O. The van der Waals surface area contributed by atoms with Gasteiger partial charge < -0.3 is 16.0 Å². The molecule has 138 valence electrons. The quantitative estimate of drug-likeness (QED) is 0.499. The Kier molecular flexibility index (Phi) is 7.76. The number of rotatable bonds is 8. The molecule has 0 spiro atoms. The van der Waals surface area contributed by atoms with Crippen LogP contribution in [0.5, 0.6) is 0 Å². The van der Waals surface area contributed by atoms with Crippen molar-refractivity contribution in [3.63, 3.8) is 0 Å². The average molecular weight is 345 g/mol. The summed E-state index contributed by atoms with van der Waals surface area (Å²) in [5.41, 5.74) is 2.12. The van der Waals surface area contributed by atoms with E-state index >= 15 is 0 Å². The summed E-state index contributed by atoms with van der Waals surface area (Å²) in [6.07, 6.45) is 5.47. The fourth-order valence-electron chi connectivity index (χ4n) is 3.31. The first-order valence-electron chi connectivity index (χ1n) is 9.51. The molecule has 1 aromatic carbocycles. The van der Waals surface area contributed by atoms with Crippen molar-refractivity contribution in [3.8, 4) is 0 Å². The minimum Gasteiger partial charge on any atom is -0.356 e. The number of hydrogen-bond donors (Lipinski definition) is 3. The second-order valence-electron chi connectivity index (χ2n) is 6.79. The van der Waals surface area contributed by atoms with E-state index in [9.17, 15) is 4.79 Å². The number of amides is 1. The summed E-state index contributed by atoms with van der Waals surface area (Å²) in [7, 11) is 1.80. The Bertz CT molecular complexity index is 585. The summed E-state index contributed by atoms with van der Waals surface area (Å²) in [4.78, 5) is 16.2. The molecule has 1 aromatic rings. The van der Waals surface area contributed by atoms with Gasteiger partial charge in [0.1, 0.15) is 0 Å². The number of hydrogen-bond acceptors (Lipinski definition) is 2. The first-order chi connectivity index (χ1) is 12.2. The van der Waals surface area contributed by atoms with Crippen LogP contribution in [0.25, 0.3) is 0 Å². The van der Waals surface area contributed by atoms with Gasteiger partial charge in [0.15, 0.2) is 5.96 Å². The molecule has 0 saturated carbocycles. The second kappa shape index (κ2) is 10.1. The summed E-state index contributed by atoms with van der Waals surface area (Å²) in [5, 5.41) is 9.78. The van der Waals surface area contributed by atoms with Crippen LogP contribution in [-0.4, -0.2) is 32.0 Å². The van der Waals surface area contributed by atoms with E-state index in [-0.39, 0.29) is 11.8 Å². The number of aliphatic imine (C=N–C) groups is 1. The molecule has 0 fully saturated rings. The van der Waals surface area contributed by atoms with E-state index < -0.39 is 0 Å². The molecular weight excluding hydrogens is 312 g/mol. The zero-order valence-electron chi connectivity index (χ0n) is 15.8. The molecule has 0 saturated heterocycles. The van der Waals surface area contributed by atoms with E-state index in [4.69, 9.17) is 0 Å². The lowest BCUT2D eigenvalue weighted by atomic mass is 9.90. The minimum atomic E-state index is 0.0825. The first kappa shape index (κ1) is 19.3. The maximum Gasteiger partial charge on any atom is 0.225 e. The number of nitrogens with zero attached hydrogens (tertiary/aromatic N) is 1. The van der Waals surface area contributed by atoms with Gasteiger partial charge in [-0.3, -0.25) is 9.79 Å². The lowest BCUT2D eigenvalue weighted by molar-refractivity contribution is -0.116. The smallest absolute Gasteiger partial charge is 0.225 e. The molecule has 1 aliphatic rings. The molecule has 5 heteroatoms. The van der Waals surface area contributed by atoms with Crippen molar-refractivity contribution in [3.05, 3.63) is 29.8 Å². The summed E-state index contributed by atoms with van der Waals surface area (Å²) in [6, 6.07) is 8.04. The van der Waals surface area contributed by atoms with Crippen molar-refractivity contribution >= 4 is 17.6 Å². The standard InChI is InChI=1S/C20H32N4O/c1-4-6-9-15(5-2)13-22-20(21-3)23-14-16-12-19(25)24-18-11-8-7-10-17(16)18/h7-8,10-11,15-16H,4-6,9,12-14H2,1-3H3,(H,24,25)(H2,21,22,23). The summed E-state index contributed by atoms with van der Waals surface area (Å²) in [5.74, 6) is 1.75. The number of benzene rings is 1. The summed E-state index contributed by atoms with van der Waals surface area (Å²) < 4.78 is 0. The largest absolute Gasteiger partial charge is 0.356 e. The number of nitrogens with one attached hydrogen (secondary N) is 3. The molecule has 3 N–H and O–H groups in total. The van der Waals surface area contributed by atoms with Gasteiger partial charge in [-0.1, -0.05) is 51.3 Å². The number of unbranched alkanes of at least 4 members (excludes halogenated alkanes) is 1. The van der Waals surface area contributed by atoms with Crippen LogP contribution in [0.3, 0.4) is 0 Å². The van der Waals surface area contributed by atoms with Crippen LogP contribution >= 0.6 is 0 Å². The molecule has 25 heavy (non-hydrogen) atoms. The van der Waals surface area contributed by atoms with Gasteiger partial charge in [0.05, 0.1) is 0 Å². The Labute approximate surface area is 151 Å². The molecule has 0 radical (unpaired) electrons. The summed E-state index contributed by atoms with van der Waals surface area (Å²) in [6.45, 7) is 6.13. The van der Waals surface area contributed by atoms with Crippen LogP contribution in [-0.2, 0) is 4.79 Å². The van der Waals surface area contributed by atoms with Gasteiger partial charge in [0.25, 0.3) is 0 Å². The van der Waals surface area contributed by atoms with Crippen LogP contribution in [0.2, 0.25) is 0 Å². The Balaban J connectivity index is 1.87. The first-order valence-corrected chi connectivity index (χ1v) is 9.51. The fourth-order valence-corrected chi connectivity index (χ4v) is 3.31. The zero-order valence-corrected chi connectivity index (χ0v) is 15.8. The topological polar surface area (TPSA) is 65.5 Å². The van der Waals surface area contributed by atoms with E-state index in [1.165, 1.54) is 31.2 Å². The number of carbonyl (C=O) groups is 1. The van der Waals surface area contributed by atoms with E-state index in [0.717, 1.165) is 18.2 Å².